The summed E-state index contributed by atoms with van der Waals surface area (Å²) in [7, 11) is 0. The molecule has 0 unspecified atom stereocenters. The number of hydrogen-bond donors (Lipinski definition) is 3. The van der Waals surface area contributed by atoms with Crippen molar-refractivity contribution in [3.63, 3.8) is 0 Å². The number of hydrogen-bond acceptors (Lipinski definition) is 6. The Labute approximate surface area is 224 Å². The number of nitrogens with zero attached hydrogens (tertiary/aromatic N) is 2. The van der Waals surface area contributed by atoms with Crippen LogP contribution in [0, 0.1) is 11.6 Å². The van der Waals surface area contributed by atoms with Crippen molar-refractivity contribution in [3.05, 3.63) is 80.3 Å². The molecule has 0 spiro atoms. The highest BCUT2D eigenvalue weighted by Gasteiger charge is 2.29. The summed E-state index contributed by atoms with van der Waals surface area (Å²) in [6, 6.07) is 8.31. The van der Waals surface area contributed by atoms with Gasteiger partial charge < -0.3 is 20.1 Å². The van der Waals surface area contributed by atoms with Crippen LogP contribution in [0.5, 0.6) is 0 Å². The van der Waals surface area contributed by atoms with Gasteiger partial charge in [0.1, 0.15) is 0 Å². The summed E-state index contributed by atoms with van der Waals surface area (Å²) < 4.78 is 72.1. The lowest BCUT2D eigenvalue weighted by molar-refractivity contribution is -0.138. The predicted octanol–water partition coefficient (Wildman–Crippen LogP) is 4.52. The molecule has 4 rings (SSSR count). The zero-order valence-corrected chi connectivity index (χ0v) is 21.3. The van der Waals surface area contributed by atoms with Crippen molar-refractivity contribution in [1.29, 1.82) is 0 Å². The first kappa shape index (κ1) is 28.6. The van der Waals surface area contributed by atoms with E-state index in [2.05, 4.69) is 15.8 Å². The molecule has 1 aliphatic rings. The number of anilines is 2. The van der Waals surface area contributed by atoms with E-state index in [1.807, 2.05) is 4.90 Å². The number of carbonyl (C=O) groups excluding carboxylic acids is 1. The Bertz CT molecular complexity index is 1370. The van der Waals surface area contributed by atoms with Crippen molar-refractivity contribution in [1.82, 2.24) is 15.4 Å². The van der Waals surface area contributed by atoms with Gasteiger partial charge in [0.15, 0.2) is 17.4 Å². The Kier molecular flexibility index (Phi) is 8.93. The number of rotatable bonds is 9. The SMILES string of the molecule is O=C(Nc1ccc(Cl)cc1N1CCN(CCC(F)(F)F)CC1)c1ccc(CNCc2cc(=O)[nH]o2)c(F)c1F. The zero-order chi connectivity index (χ0) is 28.2. The number of piperazine rings is 1. The Morgan fingerprint density at radius 2 is 1.77 bits per heavy atom. The summed E-state index contributed by atoms with van der Waals surface area (Å²) in [6.07, 6.45) is -5.12. The van der Waals surface area contributed by atoms with Crippen LogP contribution in [-0.4, -0.2) is 54.9 Å². The summed E-state index contributed by atoms with van der Waals surface area (Å²) in [4.78, 5) is 27.6. The van der Waals surface area contributed by atoms with Crippen LogP contribution in [0.4, 0.5) is 33.3 Å². The minimum absolute atomic E-state index is 0.0301. The highest BCUT2D eigenvalue weighted by Crippen LogP contribution is 2.31. The van der Waals surface area contributed by atoms with E-state index in [9.17, 15) is 31.5 Å². The standard InChI is InChI=1S/C25H25ClF5N5O3/c26-16-2-4-19(20(11-16)36-9-7-35(8-10-36)6-5-25(29,30)31)33-24(38)18-3-1-15(22(27)23(18)28)13-32-14-17-12-21(37)34-39-17/h1-4,11-12,32H,5-10,13-14H2,(H,33,38)(H,34,37). The molecular weight excluding hydrogens is 549 g/mol. The van der Waals surface area contributed by atoms with Gasteiger partial charge in [0, 0.05) is 55.9 Å². The second-order valence-electron chi connectivity index (χ2n) is 8.99. The van der Waals surface area contributed by atoms with Crippen LogP contribution in [-0.2, 0) is 13.1 Å². The number of amides is 1. The van der Waals surface area contributed by atoms with Gasteiger partial charge >= 0.3 is 6.18 Å². The fraction of sp³-hybridized carbons (Fsp3) is 0.360. The van der Waals surface area contributed by atoms with E-state index >= 15 is 0 Å². The molecule has 3 aromatic rings. The van der Waals surface area contributed by atoms with Gasteiger partial charge in [-0.2, -0.15) is 18.3 Å². The van der Waals surface area contributed by atoms with Gasteiger partial charge in [0.2, 0.25) is 0 Å². The number of aromatic amines is 1. The Morgan fingerprint density at radius 1 is 1.03 bits per heavy atom. The van der Waals surface area contributed by atoms with Crippen molar-refractivity contribution in [3.8, 4) is 0 Å². The lowest BCUT2D eigenvalue weighted by atomic mass is 10.1. The Morgan fingerprint density at radius 3 is 2.44 bits per heavy atom. The van der Waals surface area contributed by atoms with E-state index < -0.39 is 41.3 Å². The molecule has 1 aliphatic heterocycles. The van der Waals surface area contributed by atoms with Crippen LogP contribution < -0.4 is 21.1 Å². The molecule has 0 atom stereocenters. The normalized spacial score (nSPS) is 14.6. The molecule has 1 fully saturated rings. The number of H-pyrrole nitrogens is 1. The van der Waals surface area contributed by atoms with Crippen LogP contribution in [0.1, 0.15) is 28.1 Å². The Balaban J connectivity index is 1.41. The minimum atomic E-state index is -4.23. The quantitative estimate of drug-likeness (QED) is 0.326. The van der Waals surface area contributed by atoms with Crippen molar-refractivity contribution in [2.45, 2.75) is 25.7 Å². The van der Waals surface area contributed by atoms with E-state index in [4.69, 9.17) is 16.1 Å². The first-order valence-electron chi connectivity index (χ1n) is 12.0. The second-order valence-corrected chi connectivity index (χ2v) is 9.43. The first-order valence-corrected chi connectivity index (χ1v) is 12.4. The smallest absolute Gasteiger partial charge is 0.382 e. The van der Waals surface area contributed by atoms with Gasteiger partial charge in [-0.1, -0.05) is 17.7 Å². The van der Waals surface area contributed by atoms with E-state index in [1.165, 1.54) is 24.3 Å². The molecule has 1 amide bonds. The average Bonchev–Trinajstić information content (AvgIpc) is 3.31. The monoisotopic (exact) mass is 573 g/mol. The van der Waals surface area contributed by atoms with E-state index in [1.54, 1.807) is 11.0 Å². The second kappa shape index (κ2) is 12.2. The fourth-order valence-electron chi connectivity index (χ4n) is 4.19. The van der Waals surface area contributed by atoms with Gasteiger partial charge in [-0.05, 0) is 24.3 Å². The third-order valence-electron chi connectivity index (χ3n) is 6.23. The first-order chi connectivity index (χ1) is 18.5. The molecule has 8 nitrogen and oxygen atoms in total. The van der Waals surface area contributed by atoms with E-state index in [0.29, 0.717) is 48.3 Å². The lowest BCUT2D eigenvalue weighted by Gasteiger charge is -2.37. The molecule has 3 N–H and O–H groups in total. The molecule has 0 aliphatic carbocycles. The molecule has 2 aromatic carbocycles. The topological polar surface area (TPSA) is 93.6 Å². The maximum Gasteiger partial charge on any atom is 0.390 e. The summed E-state index contributed by atoms with van der Waals surface area (Å²) >= 11 is 6.15. The third kappa shape index (κ3) is 7.58. The number of benzene rings is 2. The number of alkyl halides is 3. The van der Waals surface area contributed by atoms with Crippen LogP contribution in [0.15, 0.2) is 45.7 Å². The number of carbonyl (C=O) groups is 1. The molecule has 1 saturated heterocycles. The van der Waals surface area contributed by atoms with Gasteiger partial charge in [-0.25, -0.2) is 8.78 Å². The molecule has 0 saturated carbocycles. The fourth-order valence-corrected chi connectivity index (χ4v) is 4.36. The Hall–Kier alpha value is -3.42. The number of halogens is 6. The molecule has 210 valence electrons. The van der Waals surface area contributed by atoms with Gasteiger partial charge in [-0.15, -0.1) is 0 Å². The molecule has 39 heavy (non-hydrogen) atoms. The van der Waals surface area contributed by atoms with Gasteiger partial charge in [0.25, 0.3) is 11.5 Å². The largest absolute Gasteiger partial charge is 0.390 e. The summed E-state index contributed by atoms with van der Waals surface area (Å²) in [5.74, 6) is -3.11. The van der Waals surface area contributed by atoms with Gasteiger partial charge in [0.05, 0.1) is 29.9 Å². The van der Waals surface area contributed by atoms with Crippen LogP contribution in [0.25, 0.3) is 0 Å². The van der Waals surface area contributed by atoms with E-state index in [0.717, 1.165) is 6.07 Å². The molecular formula is C25H25ClF5N5O3. The zero-order valence-electron chi connectivity index (χ0n) is 20.5. The predicted molar refractivity (Wildman–Crippen MR) is 135 cm³/mol. The maximum atomic E-state index is 14.8. The van der Waals surface area contributed by atoms with Crippen LogP contribution in [0.3, 0.4) is 0 Å². The van der Waals surface area contributed by atoms with Crippen LogP contribution in [0.2, 0.25) is 5.02 Å². The van der Waals surface area contributed by atoms with Crippen molar-refractivity contribution in [2.24, 2.45) is 0 Å². The minimum Gasteiger partial charge on any atom is -0.382 e. The molecule has 1 aromatic heterocycles. The highest BCUT2D eigenvalue weighted by molar-refractivity contribution is 6.31. The summed E-state index contributed by atoms with van der Waals surface area (Å²) in [5, 5.41) is 7.90. The molecule has 2 heterocycles. The number of aromatic nitrogens is 1. The highest BCUT2D eigenvalue weighted by atomic mass is 35.5. The van der Waals surface area contributed by atoms with Crippen molar-refractivity contribution < 1.29 is 31.3 Å². The van der Waals surface area contributed by atoms with Crippen molar-refractivity contribution in [2.75, 3.05) is 42.9 Å². The number of nitrogens with one attached hydrogen (secondary N) is 3. The van der Waals surface area contributed by atoms with Gasteiger partial charge in [-0.3, -0.25) is 14.5 Å². The van der Waals surface area contributed by atoms with Crippen LogP contribution >= 0.6 is 11.6 Å². The van der Waals surface area contributed by atoms with Crippen molar-refractivity contribution >= 4 is 28.9 Å². The van der Waals surface area contributed by atoms with E-state index in [-0.39, 0.29) is 25.2 Å². The third-order valence-corrected chi connectivity index (χ3v) is 6.46. The molecule has 0 radical (unpaired) electrons. The average molecular weight is 574 g/mol. The molecule has 0 bridgehead atoms. The summed E-state index contributed by atoms with van der Waals surface area (Å²) in [6.45, 7) is 1.43. The summed E-state index contributed by atoms with van der Waals surface area (Å²) in [5.41, 5.74) is -0.147. The lowest BCUT2D eigenvalue weighted by Crippen LogP contribution is -2.47. The molecule has 14 heteroatoms. The maximum absolute atomic E-state index is 14.8.